The van der Waals surface area contributed by atoms with E-state index in [1.165, 1.54) is 0 Å². The van der Waals surface area contributed by atoms with E-state index < -0.39 is 0 Å². The van der Waals surface area contributed by atoms with Gasteiger partial charge in [-0.1, -0.05) is 25.4 Å². The number of aromatic nitrogens is 2. The van der Waals surface area contributed by atoms with Crippen molar-refractivity contribution in [1.82, 2.24) is 9.78 Å². The van der Waals surface area contributed by atoms with Crippen molar-refractivity contribution < 1.29 is 0 Å². The van der Waals surface area contributed by atoms with Crippen molar-refractivity contribution in [2.45, 2.75) is 38.5 Å². The highest BCUT2D eigenvalue weighted by Crippen LogP contribution is 2.25. The van der Waals surface area contributed by atoms with E-state index in [-0.39, 0.29) is 6.04 Å². The Hall–Kier alpha value is -0.190. The second-order valence-corrected chi connectivity index (χ2v) is 5.28. The fourth-order valence-electron chi connectivity index (χ4n) is 1.40. The molecule has 92 valence electrons. The van der Waals surface area contributed by atoms with Crippen LogP contribution in [-0.4, -0.2) is 21.6 Å². The summed E-state index contributed by atoms with van der Waals surface area (Å²) in [7, 11) is 1.95. The van der Waals surface area contributed by atoms with E-state index in [9.17, 15) is 0 Å². The highest BCUT2D eigenvalue weighted by atomic mass is 35.5. The SMILES string of the molecule is CCc1nn(C)c(CSCC(N)CC)c1Cl. The predicted molar refractivity (Wildman–Crippen MR) is 72.0 cm³/mol. The van der Waals surface area contributed by atoms with Gasteiger partial charge in [0.15, 0.2) is 0 Å². The van der Waals surface area contributed by atoms with Gasteiger partial charge in [-0.05, 0) is 12.8 Å². The van der Waals surface area contributed by atoms with Gasteiger partial charge in [0.2, 0.25) is 0 Å². The van der Waals surface area contributed by atoms with E-state index in [0.717, 1.165) is 40.8 Å². The zero-order valence-electron chi connectivity index (χ0n) is 10.2. The van der Waals surface area contributed by atoms with Crippen LogP contribution < -0.4 is 5.73 Å². The molecule has 0 radical (unpaired) electrons. The number of thioether (sulfide) groups is 1. The monoisotopic (exact) mass is 261 g/mol. The first-order valence-corrected chi connectivity index (χ1v) is 7.16. The van der Waals surface area contributed by atoms with E-state index in [4.69, 9.17) is 17.3 Å². The van der Waals surface area contributed by atoms with Crippen molar-refractivity contribution in [1.29, 1.82) is 0 Å². The smallest absolute Gasteiger partial charge is 0.0858 e. The van der Waals surface area contributed by atoms with E-state index in [2.05, 4.69) is 18.9 Å². The third-order valence-electron chi connectivity index (χ3n) is 2.60. The minimum absolute atomic E-state index is 0.280. The quantitative estimate of drug-likeness (QED) is 0.856. The summed E-state index contributed by atoms with van der Waals surface area (Å²) >= 11 is 8.07. The Morgan fingerprint density at radius 2 is 2.19 bits per heavy atom. The average Bonchev–Trinajstić information content (AvgIpc) is 2.55. The number of hydrogen-bond acceptors (Lipinski definition) is 3. The molecule has 5 heteroatoms. The Labute approximate surface area is 107 Å². The van der Waals surface area contributed by atoms with E-state index >= 15 is 0 Å². The topological polar surface area (TPSA) is 43.8 Å². The van der Waals surface area contributed by atoms with Crippen LogP contribution in [0.3, 0.4) is 0 Å². The Morgan fingerprint density at radius 1 is 1.50 bits per heavy atom. The number of hydrogen-bond donors (Lipinski definition) is 1. The lowest BCUT2D eigenvalue weighted by Gasteiger charge is -2.08. The molecule has 0 aliphatic heterocycles. The Morgan fingerprint density at radius 3 is 2.69 bits per heavy atom. The maximum absolute atomic E-state index is 6.25. The third-order valence-corrected chi connectivity index (χ3v) is 4.18. The maximum atomic E-state index is 6.25. The van der Waals surface area contributed by atoms with Crippen molar-refractivity contribution in [2.24, 2.45) is 12.8 Å². The van der Waals surface area contributed by atoms with Gasteiger partial charge in [0, 0.05) is 24.6 Å². The molecule has 0 amide bonds. The molecule has 1 aromatic rings. The van der Waals surface area contributed by atoms with Crippen LogP contribution in [0, 0.1) is 0 Å². The highest BCUT2D eigenvalue weighted by molar-refractivity contribution is 7.98. The molecular formula is C11H20ClN3S. The van der Waals surface area contributed by atoms with Crippen molar-refractivity contribution >= 4 is 23.4 Å². The molecule has 1 aromatic heterocycles. The lowest BCUT2D eigenvalue weighted by atomic mass is 10.3. The molecule has 0 bridgehead atoms. The standard InChI is InChI=1S/C11H20ClN3S/c1-4-8(13)6-16-7-10-11(12)9(5-2)14-15(10)3/h8H,4-7,13H2,1-3H3. The summed E-state index contributed by atoms with van der Waals surface area (Å²) in [5, 5.41) is 5.21. The second kappa shape index (κ2) is 6.52. The summed E-state index contributed by atoms with van der Waals surface area (Å²) in [6, 6.07) is 0.280. The minimum atomic E-state index is 0.280. The Balaban J connectivity index is 2.56. The van der Waals surface area contributed by atoms with Gasteiger partial charge in [-0.3, -0.25) is 4.68 Å². The molecule has 0 aromatic carbocycles. The molecule has 1 unspecified atom stereocenters. The van der Waals surface area contributed by atoms with Gasteiger partial charge < -0.3 is 5.73 Å². The van der Waals surface area contributed by atoms with Crippen LogP contribution in [0.25, 0.3) is 0 Å². The van der Waals surface area contributed by atoms with Gasteiger partial charge in [-0.15, -0.1) is 0 Å². The van der Waals surface area contributed by atoms with E-state index in [1.54, 1.807) is 0 Å². The largest absolute Gasteiger partial charge is 0.327 e. The van der Waals surface area contributed by atoms with Gasteiger partial charge in [-0.2, -0.15) is 16.9 Å². The fraction of sp³-hybridized carbons (Fsp3) is 0.727. The minimum Gasteiger partial charge on any atom is -0.327 e. The first-order chi connectivity index (χ1) is 7.60. The van der Waals surface area contributed by atoms with Gasteiger partial charge in [0.05, 0.1) is 16.4 Å². The van der Waals surface area contributed by atoms with Crippen LogP contribution in [0.1, 0.15) is 31.7 Å². The lowest BCUT2D eigenvalue weighted by Crippen LogP contribution is -2.21. The summed E-state index contributed by atoms with van der Waals surface area (Å²) in [5.41, 5.74) is 7.96. The summed E-state index contributed by atoms with van der Waals surface area (Å²) in [6.07, 6.45) is 1.90. The van der Waals surface area contributed by atoms with Crippen LogP contribution >= 0.6 is 23.4 Å². The molecule has 1 rings (SSSR count). The van der Waals surface area contributed by atoms with Crippen molar-refractivity contribution in [3.8, 4) is 0 Å². The maximum Gasteiger partial charge on any atom is 0.0858 e. The first-order valence-electron chi connectivity index (χ1n) is 5.63. The van der Waals surface area contributed by atoms with Gasteiger partial charge >= 0.3 is 0 Å². The normalized spacial score (nSPS) is 13.1. The average molecular weight is 262 g/mol. The van der Waals surface area contributed by atoms with Crippen LogP contribution in [-0.2, 0) is 19.2 Å². The summed E-state index contributed by atoms with van der Waals surface area (Å²) < 4.78 is 1.88. The number of aryl methyl sites for hydroxylation is 2. The van der Waals surface area contributed by atoms with Crippen LogP contribution in [0.5, 0.6) is 0 Å². The fourth-order valence-corrected chi connectivity index (χ4v) is 3.02. The van der Waals surface area contributed by atoms with Crippen molar-refractivity contribution in [3.05, 3.63) is 16.4 Å². The van der Waals surface area contributed by atoms with Crippen molar-refractivity contribution in [3.63, 3.8) is 0 Å². The molecule has 16 heavy (non-hydrogen) atoms. The molecule has 0 saturated carbocycles. The van der Waals surface area contributed by atoms with Crippen LogP contribution in [0.15, 0.2) is 0 Å². The molecule has 0 saturated heterocycles. The van der Waals surface area contributed by atoms with Crippen molar-refractivity contribution in [2.75, 3.05) is 5.75 Å². The van der Waals surface area contributed by atoms with Crippen LogP contribution in [0.4, 0.5) is 0 Å². The third kappa shape index (κ3) is 3.40. The summed E-state index contributed by atoms with van der Waals surface area (Å²) in [6.45, 7) is 4.18. The zero-order valence-corrected chi connectivity index (χ0v) is 11.7. The molecule has 1 heterocycles. The molecule has 0 spiro atoms. The number of nitrogens with two attached hydrogens (primary N) is 1. The molecule has 0 aliphatic rings. The second-order valence-electron chi connectivity index (χ2n) is 3.87. The molecule has 3 nitrogen and oxygen atoms in total. The summed E-state index contributed by atoms with van der Waals surface area (Å²) in [5.74, 6) is 1.86. The number of halogens is 1. The molecule has 1 atom stereocenters. The van der Waals surface area contributed by atoms with Crippen LogP contribution in [0.2, 0.25) is 5.02 Å². The predicted octanol–water partition coefficient (Wildman–Crippen LogP) is 2.61. The molecular weight excluding hydrogens is 242 g/mol. The lowest BCUT2D eigenvalue weighted by molar-refractivity contribution is 0.714. The molecule has 0 aliphatic carbocycles. The summed E-state index contributed by atoms with van der Waals surface area (Å²) in [4.78, 5) is 0. The van der Waals surface area contributed by atoms with Gasteiger partial charge in [0.1, 0.15) is 0 Å². The van der Waals surface area contributed by atoms with E-state index in [0.29, 0.717) is 0 Å². The highest BCUT2D eigenvalue weighted by Gasteiger charge is 2.12. The number of nitrogens with zero attached hydrogens (tertiary/aromatic N) is 2. The van der Waals surface area contributed by atoms with Gasteiger partial charge in [0.25, 0.3) is 0 Å². The first kappa shape index (κ1) is 13.9. The molecule has 2 N–H and O–H groups in total. The Bertz CT molecular complexity index is 338. The van der Waals surface area contributed by atoms with Gasteiger partial charge in [-0.25, -0.2) is 0 Å². The zero-order chi connectivity index (χ0) is 12.1. The Kier molecular flexibility index (Phi) is 5.66. The van der Waals surface area contributed by atoms with E-state index in [1.807, 2.05) is 23.5 Å². The molecule has 0 fully saturated rings. The number of rotatable bonds is 6.